The van der Waals surface area contributed by atoms with Gasteiger partial charge in [-0.25, -0.2) is 0 Å². The van der Waals surface area contributed by atoms with E-state index in [9.17, 15) is 9.59 Å². The number of carboxylic acids is 1. The second-order valence-electron chi connectivity index (χ2n) is 7.00. The number of aliphatic carboxylic acids is 1. The van der Waals surface area contributed by atoms with E-state index in [0.717, 1.165) is 11.1 Å². The number of ether oxygens (including phenoxy) is 1. The number of nitrogens with one attached hydrogen (secondary N) is 2. The van der Waals surface area contributed by atoms with Crippen LogP contribution < -0.4 is 15.8 Å². The first kappa shape index (κ1) is 19.4. The van der Waals surface area contributed by atoms with Gasteiger partial charge in [0, 0.05) is 5.56 Å². The van der Waals surface area contributed by atoms with Crippen LogP contribution >= 0.6 is 0 Å². The maximum atomic E-state index is 12.0. The molecule has 2 aromatic carbocycles. The molecule has 28 heavy (non-hydrogen) atoms. The molecule has 0 radical (unpaired) electrons. The quantitative estimate of drug-likeness (QED) is 0.432. The van der Waals surface area contributed by atoms with E-state index in [0.29, 0.717) is 24.3 Å². The first-order valence-corrected chi connectivity index (χ1v) is 9.06. The summed E-state index contributed by atoms with van der Waals surface area (Å²) < 4.78 is 5.76. The van der Waals surface area contributed by atoms with Gasteiger partial charge in [0.15, 0.2) is 0 Å². The van der Waals surface area contributed by atoms with Crippen LogP contribution in [0.5, 0.6) is 5.75 Å². The van der Waals surface area contributed by atoms with Gasteiger partial charge in [0.2, 0.25) is 5.91 Å². The second kappa shape index (κ2) is 8.12. The van der Waals surface area contributed by atoms with Crippen molar-refractivity contribution in [1.82, 2.24) is 5.32 Å². The number of carbonyl (C=O) groups excluding carboxylic acids is 1. The molecule has 3 rings (SSSR count). The molecule has 0 saturated carbocycles. The van der Waals surface area contributed by atoms with Crippen molar-refractivity contribution in [2.24, 2.45) is 17.6 Å². The summed E-state index contributed by atoms with van der Waals surface area (Å²) in [6, 6.07) is 14.8. The normalized spacial score (nSPS) is 19.7. The van der Waals surface area contributed by atoms with Crippen LogP contribution in [0.1, 0.15) is 18.9 Å². The van der Waals surface area contributed by atoms with Crippen LogP contribution in [-0.4, -0.2) is 35.5 Å². The summed E-state index contributed by atoms with van der Waals surface area (Å²) in [6.45, 7) is 1.85. The van der Waals surface area contributed by atoms with E-state index in [1.54, 1.807) is 19.1 Å². The zero-order valence-corrected chi connectivity index (χ0v) is 15.5. The number of nitrogens with two attached hydrogens (primary N) is 1. The van der Waals surface area contributed by atoms with Crippen molar-refractivity contribution in [3.63, 3.8) is 0 Å². The minimum absolute atomic E-state index is 0.0364. The number of hydrogen-bond acceptors (Lipinski definition) is 4. The summed E-state index contributed by atoms with van der Waals surface area (Å²) in [5.74, 6) is -1.71. The molecule has 0 bridgehead atoms. The van der Waals surface area contributed by atoms with Crippen LogP contribution in [0.15, 0.2) is 48.5 Å². The molecule has 1 saturated heterocycles. The molecule has 3 unspecified atom stereocenters. The third-order valence-corrected chi connectivity index (χ3v) is 5.05. The fourth-order valence-electron chi connectivity index (χ4n) is 3.28. The summed E-state index contributed by atoms with van der Waals surface area (Å²) >= 11 is 0. The monoisotopic (exact) mass is 381 g/mol. The number of benzene rings is 2. The lowest BCUT2D eigenvalue weighted by molar-refractivity contribution is -0.145. The fourth-order valence-corrected chi connectivity index (χ4v) is 3.28. The van der Waals surface area contributed by atoms with Crippen LogP contribution in [0, 0.1) is 17.2 Å². The van der Waals surface area contributed by atoms with Crippen molar-refractivity contribution in [3.05, 3.63) is 54.1 Å². The zero-order chi connectivity index (χ0) is 20.3. The predicted octanol–water partition coefficient (Wildman–Crippen LogP) is 2.24. The van der Waals surface area contributed by atoms with Gasteiger partial charge in [0.1, 0.15) is 18.2 Å². The Labute approximate surface area is 163 Å². The second-order valence-corrected chi connectivity index (χ2v) is 7.00. The first-order chi connectivity index (χ1) is 13.3. The molecule has 1 amide bonds. The van der Waals surface area contributed by atoms with E-state index in [2.05, 4.69) is 5.32 Å². The molecular formula is C21H23N3O4. The minimum Gasteiger partial charge on any atom is -0.491 e. The van der Waals surface area contributed by atoms with Crippen molar-refractivity contribution in [1.29, 1.82) is 5.41 Å². The van der Waals surface area contributed by atoms with E-state index in [4.69, 9.17) is 21.0 Å². The largest absolute Gasteiger partial charge is 0.491 e. The van der Waals surface area contributed by atoms with Crippen molar-refractivity contribution < 1.29 is 19.4 Å². The molecule has 0 spiro atoms. The number of carboxylic acid groups (broad SMARTS) is 1. The summed E-state index contributed by atoms with van der Waals surface area (Å²) in [7, 11) is 0. The topological polar surface area (TPSA) is 126 Å². The number of nitrogen functional groups attached to an aromatic ring is 1. The van der Waals surface area contributed by atoms with Gasteiger partial charge in [-0.2, -0.15) is 0 Å². The molecule has 2 aromatic rings. The summed E-state index contributed by atoms with van der Waals surface area (Å²) in [6.07, 6.45) is 0.451. The first-order valence-electron chi connectivity index (χ1n) is 9.06. The van der Waals surface area contributed by atoms with Crippen molar-refractivity contribution >= 4 is 17.7 Å². The SMILES string of the molecule is CC(C(=O)O)C1CC(COc2ccc(-c3ccc(C(=N)N)cc3)cc2)NC1=O. The van der Waals surface area contributed by atoms with E-state index < -0.39 is 17.8 Å². The van der Waals surface area contributed by atoms with Gasteiger partial charge >= 0.3 is 5.97 Å². The van der Waals surface area contributed by atoms with E-state index in [-0.39, 0.29) is 17.8 Å². The predicted molar refractivity (Wildman–Crippen MR) is 105 cm³/mol. The van der Waals surface area contributed by atoms with Crippen LogP contribution in [0.2, 0.25) is 0 Å². The number of rotatable bonds is 7. The zero-order valence-electron chi connectivity index (χ0n) is 15.5. The van der Waals surface area contributed by atoms with E-state index in [1.165, 1.54) is 0 Å². The van der Waals surface area contributed by atoms with E-state index in [1.807, 2.05) is 36.4 Å². The fraction of sp³-hybridized carbons (Fsp3) is 0.286. The number of amides is 1. The van der Waals surface area contributed by atoms with Gasteiger partial charge < -0.3 is 20.9 Å². The van der Waals surface area contributed by atoms with Gasteiger partial charge in [0.25, 0.3) is 0 Å². The number of amidine groups is 1. The Morgan fingerprint density at radius 1 is 1.21 bits per heavy atom. The standard InChI is InChI=1S/C21H23N3O4/c1-12(21(26)27)18-10-16(24-20(18)25)11-28-17-8-6-14(7-9-17)13-2-4-15(5-3-13)19(22)23/h2-9,12,16,18H,10-11H2,1H3,(H3,22,23)(H,24,25)(H,26,27). The van der Waals surface area contributed by atoms with Gasteiger partial charge in [-0.15, -0.1) is 0 Å². The maximum Gasteiger partial charge on any atom is 0.307 e. The maximum absolute atomic E-state index is 12.0. The smallest absolute Gasteiger partial charge is 0.307 e. The molecule has 146 valence electrons. The van der Waals surface area contributed by atoms with E-state index >= 15 is 0 Å². The van der Waals surface area contributed by atoms with Crippen LogP contribution in [0.3, 0.4) is 0 Å². The van der Waals surface area contributed by atoms with Crippen molar-refractivity contribution in [2.45, 2.75) is 19.4 Å². The Bertz CT molecular complexity index is 878. The molecule has 7 nitrogen and oxygen atoms in total. The Morgan fingerprint density at radius 2 is 1.79 bits per heavy atom. The third-order valence-electron chi connectivity index (χ3n) is 5.05. The van der Waals surface area contributed by atoms with Crippen LogP contribution in [-0.2, 0) is 9.59 Å². The molecule has 3 atom stereocenters. The minimum atomic E-state index is -0.964. The molecule has 1 fully saturated rings. The highest BCUT2D eigenvalue weighted by molar-refractivity contribution is 5.95. The lowest BCUT2D eigenvalue weighted by Gasteiger charge is -2.13. The number of hydrogen-bond donors (Lipinski definition) is 4. The molecule has 1 aliphatic heterocycles. The van der Waals surface area contributed by atoms with Gasteiger partial charge in [-0.1, -0.05) is 43.3 Å². The molecule has 7 heteroatoms. The van der Waals surface area contributed by atoms with Crippen molar-refractivity contribution in [3.8, 4) is 16.9 Å². The van der Waals surface area contributed by atoms with Gasteiger partial charge in [-0.3, -0.25) is 15.0 Å². The number of carbonyl (C=O) groups is 2. The summed E-state index contributed by atoms with van der Waals surface area (Å²) in [5.41, 5.74) is 8.16. The Morgan fingerprint density at radius 3 is 2.32 bits per heavy atom. The Hall–Kier alpha value is -3.35. The molecule has 0 aliphatic carbocycles. The molecule has 5 N–H and O–H groups in total. The third kappa shape index (κ3) is 4.31. The summed E-state index contributed by atoms with van der Waals surface area (Å²) in [4.78, 5) is 23.0. The Balaban J connectivity index is 1.57. The van der Waals surface area contributed by atoms with Gasteiger partial charge in [-0.05, 0) is 29.7 Å². The molecule has 1 heterocycles. The lowest BCUT2D eigenvalue weighted by atomic mass is 9.91. The highest BCUT2D eigenvalue weighted by Gasteiger charge is 2.38. The highest BCUT2D eigenvalue weighted by Crippen LogP contribution is 2.26. The van der Waals surface area contributed by atoms with Crippen LogP contribution in [0.25, 0.3) is 11.1 Å². The molecular weight excluding hydrogens is 358 g/mol. The highest BCUT2D eigenvalue weighted by atomic mass is 16.5. The molecule has 0 aromatic heterocycles. The van der Waals surface area contributed by atoms with Crippen molar-refractivity contribution in [2.75, 3.05) is 6.61 Å². The average molecular weight is 381 g/mol. The Kier molecular flexibility index (Phi) is 5.63. The molecule has 1 aliphatic rings. The lowest BCUT2D eigenvalue weighted by Crippen LogP contribution is -2.32. The van der Waals surface area contributed by atoms with Crippen LogP contribution in [0.4, 0.5) is 0 Å². The average Bonchev–Trinajstić information content (AvgIpc) is 3.06. The van der Waals surface area contributed by atoms with Gasteiger partial charge in [0.05, 0.1) is 17.9 Å². The summed E-state index contributed by atoms with van der Waals surface area (Å²) in [5, 5.41) is 19.3.